The SMILES string of the molecule is CCn1c(SC(C)C(=O)OC)nc2ccsc2c1=O. The lowest BCUT2D eigenvalue weighted by Crippen LogP contribution is -2.23. The van der Waals surface area contributed by atoms with Crippen molar-refractivity contribution >= 4 is 39.3 Å². The van der Waals surface area contributed by atoms with E-state index in [2.05, 4.69) is 9.72 Å². The molecule has 0 fully saturated rings. The second-order valence-electron chi connectivity index (χ2n) is 3.86. The molecule has 7 heteroatoms. The molecule has 102 valence electrons. The van der Waals surface area contributed by atoms with Crippen LogP contribution in [0.1, 0.15) is 13.8 Å². The van der Waals surface area contributed by atoms with Gasteiger partial charge < -0.3 is 4.74 Å². The van der Waals surface area contributed by atoms with Gasteiger partial charge in [-0.25, -0.2) is 4.98 Å². The predicted molar refractivity (Wildman–Crippen MR) is 76.9 cm³/mol. The molecule has 2 aromatic rings. The molecule has 19 heavy (non-hydrogen) atoms. The number of nitrogens with zero attached hydrogens (tertiary/aromatic N) is 2. The molecule has 5 nitrogen and oxygen atoms in total. The smallest absolute Gasteiger partial charge is 0.318 e. The molecule has 0 saturated heterocycles. The van der Waals surface area contributed by atoms with Crippen molar-refractivity contribution in [3.63, 3.8) is 0 Å². The second-order valence-corrected chi connectivity index (χ2v) is 6.09. The summed E-state index contributed by atoms with van der Waals surface area (Å²) in [4.78, 5) is 28.2. The summed E-state index contributed by atoms with van der Waals surface area (Å²) >= 11 is 2.63. The largest absolute Gasteiger partial charge is 0.468 e. The summed E-state index contributed by atoms with van der Waals surface area (Å²) in [7, 11) is 1.35. The van der Waals surface area contributed by atoms with Crippen LogP contribution in [0, 0.1) is 0 Å². The van der Waals surface area contributed by atoms with Gasteiger partial charge in [0.1, 0.15) is 9.95 Å². The van der Waals surface area contributed by atoms with E-state index in [9.17, 15) is 9.59 Å². The quantitative estimate of drug-likeness (QED) is 0.491. The molecule has 0 amide bonds. The Morgan fingerprint density at radius 2 is 2.37 bits per heavy atom. The Morgan fingerprint density at radius 3 is 3.00 bits per heavy atom. The summed E-state index contributed by atoms with van der Waals surface area (Å²) in [5.74, 6) is -0.327. The van der Waals surface area contributed by atoms with Crippen LogP contribution in [0.25, 0.3) is 10.2 Å². The van der Waals surface area contributed by atoms with Gasteiger partial charge in [0.05, 0.1) is 12.6 Å². The van der Waals surface area contributed by atoms with Crippen molar-refractivity contribution in [2.45, 2.75) is 30.8 Å². The van der Waals surface area contributed by atoms with E-state index in [1.165, 1.54) is 30.2 Å². The highest BCUT2D eigenvalue weighted by Crippen LogP contribution is 2.24. The first-order valence-corrected chi connectivity index (χ1v) is 7.57. The Kier molecular flexibility index (Phi) is 4.26. The Labute approximate surface area is 118 Å². The van der Waals surface area contributed by atoms with Crippen molar-refractivity contribution in [2.75, 3.05) is 7.11 Å². The standard InChI is InChI=1S/C12H14N2O3S2/c1-4-14-10(15)9-8(5-6-18-9)13-12(14)19-7(2)11(16)17-3/h5-7H,4H2,1-3H3. The van der Waals surface area contributed by atoms with E-state index >= 15 is 0 Å². The fourth-order valence-corrected chi connectivity index (χ4v) is 3.44. The molecule has 0 radical (unpaired) electrons. The molecule has 2 heterocycles. The Balaban J connectivity index is 2.47. The number of methoxy groups -OCH3 is 1. The molecule has 0 aromatic carbocycles. The van der Waals surface area contributed by atoms with E-state index in [4.69, 9.17) is 0 Å². The summed E-state index contributed by atoms with van der Waals surface area (Å²) in [6.45, 7) is 4.14. The maximum absolute atomic E-state index is 12.3. The third-order valence-corrected chi connectivity index (χ3v) is 4.62. The molecule has 0 spiro atoms. The number of aromatic nitrogens is 2. The minimum absolute atomic E-state index is 0.0536. The zero-order valence-electron chi connectivity index (χ0n) is 10.9. The van der Waals surface area contributed by atoms with Gasteiger partial charge in [0.2, 0.25) is 0 Å². The molecule has 0 saturated carbocycles. The predicted octanol–water partition coefficient (Wildman–Crippen LogP) is 2.13. The third-order valence-electron chi connectivity index (χ3n) is 2.66. The van der Waals surface area contributed by atoms with Gasteiger partial charge in [-0.05, 0) is 25.3 Å². The number of hydrogen-bond donors (Lipinski definition) is 0. The highest BCUT2D eigenvalue weighted by Gasteiger charge is 2.19. The van der Waals surface area contributed by atoms with Gasteiger partial charge in [-0.15, -0.1) is 11.3 Å². The van der Waals surface area contributed by atoms with Crippen LogP contribution < -0.4 is 5.56 Å². The molecular formula is C12H14N2O3S2. The Bertz CT molecular complexity index is 663. The fourth-order valence-electron chi connectivity index (χ4n) is 1.66. The maximum Gasteiger partial charge on any atom is 0.318 e. The zero-order valence-corrected chi connectivity index (χ0v) is 12.5. The van der Waals surface area contributed by atoms with Crippen molar-refractivity contribution in [3.8, 4) is 0 Å². The maximum atomic E-state index is 12.3. The Morgan fingerprint density at radius 1 is 1.63 bits per heavy atom. The number of rotatable bonds is 4. The molecule has 2 rings (SSSR count). The first-order valence-electron chi connectivity index (χ1n) is 5.81. The molecule has 1 atom stereocenters. The van der Waals surface area contributed by atoms with Crippen LogP contribution in [0.15, 0.2) is 21.4 Å². The van der Waals surface area contributed by atoms with E-state index in [-0.39, 0.29) is 11.5 Å². The van der Waals surface area contributed by atoms with E-state index in [0.29, 0.717) is 21.9 Å². The molecule has 0 bridgehead atoms. The molecule has 0 aliphatic rings. The van der Waals surface area contributed by atoms with E-state index in [1.54, 1.807) is 11.5 Å². The topological polar surface area (TPSA) is 61.2 Å². The van der Waals surface area contributed by atoms with Crippen molar-refractivity contribution < 1.29 is 9.53 Å². The first kappa shape index (κ1) is 14.1. The molecule has 2 aromatic heterocycles. The van der Waals surface area contributed by atoms with Crippen LogP contribution >= 0.6 is 23.1 Å². The van der Waals surface area contributed by atoms with E-state index < -0.39 is 5.25 Å². The van der Waals surface area contributed by atoms with Crippen LogP contribution in [0.3, 0.4) is 0 Å². The molecular weight excluding hydrogens is 284 g/mol. The number of ether oxygens (including phenoxy) is 1. The lowest BCUT2D eigenvalue weighted by atomic mass is 10.4. The highest BCUT2D eigenvalue weighted by molar-refractivity contribution is 8.00. The van der Waals surface area contributed by atoms with Crippen LogP contribution in [0.4, 0.5) is 0 Å². The van der Waals surface area contributed by atoms with Gasteiger partial charge in [-0.1, -0.05) is 11.8 Å². The van der Waals surface area contributed by atoms with Gasteiger partial charge >= 0.3 is 5.97 Å². The van der Waals surface area contributed by atoms with Gasteiger partial charge in [0, 0.05) is 6.54 Å². The van der Waals surface area contributed by atoms with Crippen molar-refractivity contribution in [1.29, 1.82) is 0 Å². The minimum atomic E-state index is -0.397. The van der Waals surface area contributed by atoms with Gasteiger partial charge in [0.15, 0.2) is 5.16 Å². The fraction of sp³-hybridized carbons (Fsp3) is 0.417. The summed E-state index contributed by atoms with van der Waals surface area (Å²) in [5, 5.41) is 2.00. The molecule has 0 N–H and O–H groups in total. The van der Waals surface area contributed by atoms with Crippen LogP contribution in [-0.2, 0) is 16.1 Å². The monoisotopic (exact) mass is 298 g/mol. The normalized spacial score (nSPS) is 12.6. The first-order chi connectivity index (χ1) is 9.08. The third kappa shape index (κ3) is 2.66. The summed E-state index contributed by atoms with van der Waals surface area (Å²) < 4.78 is 6.92. The summed E-state index contributed by atoms with van der Waals surface area (Å²) in [6, 6.07) is 1.81. The highest BCUT2D eigenvalue weighted by atomic mass is 32.2. The number of fused-ring (bicyclic) bond motifs is 1. The van der Waals surface area contributed by atoms with Crippen molar-refractivity contribution in [3.05, 3.63) is 21.8 Å². The Hall–Kier alpha value is -1.34. The van der Waals surface area contributed by atoms with Gasteiger partial charge in [-0.2, -0.15) is 0 Å². The number of hydrogen-bond acceptors (Lipinski definition) is 6. The summed E-state index contributed by atoms with van der Waals surface area (Å²) in [5.41, 5.74) is 0.626. The lowest BCUT2D eigenvalue weighted by molar-refractivity contribution is -0.139. The van der Waals surface area contributed by atoms with Crippen LogP contribution in [-0.4, -0.2) is 27.9 Å². The number of carbonyl (C=O) groups is 1. The van der Waals surface area contributed by atoms with Gasteiger partial charge in [-0.3, -0.25) is 14.2 Å². The molecule has 0 aliphatic carbocycles. The lowest BCUT2D eigenvalue weighted by Gasteiger charge is -2.12. The van der Waals surface area contributed by atoms with Crippen molar-refractivity contribution in [2.24, 2.45) is 0 Å². The average Bonchev–Trinajstić information content (AvgIpc) is 2.86. The number of thioether (sulfide) groups is 1. The van der Waals surface area contributed by atoms with E-state index in [0.717, 1.165) is 0 Å². The number of esters is 1. The molecule has 0 aliphatic heterocycles. The van der Waals surface area contributed by atoms with Crippen LogP contribution in [0.5, 0.6) is 0 Å². The zero-order chi connectivity index (χ0) is 14.0. The van der Waals surface area contributed by atoms with Crippen molar-refractivity contribution in [1.82, 2.24) is 9.55 Å². The minimum Gasteiger partial charge on any atom is -0.468 e. The molecule has 1 unspecified atom stereocenters. The van der Waals surface area contributed by atoms with Crippen LogP contribution in [0.2, 0.25) is 0 Å². The van der Waals surface area contributed by atoms with E-state index in [1.807, 2.05) is 18.4 Å². The number of thiophene rings is 1. The van der Waals surface area contributed by atoms with Gasteiger partial charge in [0.25, 0.3) is 5.56 Å². The second kappa shape index (κ2) is 5.75. The summed E-state index contributed by atoms with van der Waals surface area (Å²) in [6.07, 6.45) is 0. The number of carbonyl (C=O) groups excluding carboxylic acids is 1. The average molecular weight is 298 g/mol.